The lowest BCUT2D eigenvalue weighted by molar-refractivity contribution is 1.49. The molecule has 0 saturated heterocycles. The Morgan fingerprint density at radius 3 is 1.25 bits per heavy atom. The van der Waals surface area contributed by atoms with Crippen molar-refractivity contribution in [2.75, 3.05) is 0 Å². The summed E-state index contributed by atoms with van der Waals surface area (Å²) >= 11 is 9.02. The van der Waals surface area contributed by atoms with Crippen molar-refractivity contribution >= 4 is 23.6 Å². The van der Waals surface area contributed by atoms with E-state index in [1.807, 2.05) is 0 Å². The number of hydrogen-bond acceptors (Lipinski definition) is 2. The van der Waals surface area contributed by atoms with Gasteiger partial charge in [-0.3, -0.25) is 0 Å². The smallest absolute Gasteiger partial charge is 0.0615 e. The van der Waals surface area contributed by atoms with E-state index in [4.69, 9.17) is 0 Å². The lowest BCUT2D eigenvalue weighted by atomic mass is 13.3. The van der Waals surface area contributed by atoms with Crippen LogP contribution in [0.5, 0.6) is 0 Å². The van der Waals surface area contributed by atoms with Crippen LogP contribution in [0.1, 0.15) is 0 Å². The van der Waals surface area contributed by atoms with Gasteiger partial charge in [-0.25, -0.2) is 0 Å². The van der Waals surface area contributed by atoms with E-state index >= 15 is 0 Å². The number of hydrogen-bond donors (Lipinski definition) is 0. The molecule has 2 nitrogen and oxygen atoms in total. The van der Waals surface area contributed by atoms with Gasteiger partial charge in [0, 0.05) is 0 Å². The van der Waals surface area contributed by atoms with Crippen LogP contribution in [-0.2, 0) is 0 Å². The van der Waals surface area contributed by atoms with Gasteiger partial charge in [0.15, 0.2) is 0 Å². The number of rotatable bonds is 0. The summed E-state index contributed by atoms with van der Waals surface area (Å²) in [4.78, 5) is 0. The van der Waals surface area contributed by atoms with Gasteiger partial charge in [-0.1, -0.05) is 9.27 Å². The first-order chi connectivity index (χ1) is 1.91. The minimum absolute atomic E-state index is 2.60. The van der Waals surface area contributed by atoms with E-state index in [9.17, 15) is 0 Å². The molecule has 0 aliphatic heterocycles. The maximum absolute atomic E-state index is 4.51. The fraction of sp³-hybridized carbons (Fsp3) is 0. The van der Waals surface area contributed by atoms with E-state index in [0.717, 1.165) is 0 Å². The van der Waals surface area contributed by atoms with Gasteiger partial charge in [0.2, 0.25) is 0 Å². The van der Waals surface area contributed by atoms with Gasteiger partial charge in [-0.05, 0) is 0 Å². The summed E-state index contributed by atoms with van der Waals surface area (Å²) in [5.41, 5.74) is 0. The van der Waals surface area contributed by atoms with E-state index < -0.39 is 0 Å². The normalized spacial score (nSPS) is 9.50. The predicted molar refractivity (Wildman–Crippen MR) is 16.6 cm³/mol. The second kappa shape index (κ2) is 3.18. The fourth-order valence-corrected chi connectivity index (χ4v) is 0. The summed E-state index contributed by atoms with van der Waals surface area (Å²) in [5.74, 6) is 0. The molecule has 0 heterocycles. The molecule has 0 aromatic heterocycles. The summed E-state index contributed by atoms with van der Waals surface area (Å²) in [6, 6.07) is 0. The quantitative estimate of drug-likeness (QED) is 0.413. The number of nitrogens with zero attached hydrogens (tertiary/aromatic N) is 2. The van der Waals surface area contributed by atoms with Crippen LogP contribution in [0, 0.1) is 0 Å². The molecule has 0 saturated carbocycles. The molecule has 0 N–H and O–H groups in total. The van der Waals surface area contributed by atoms with E-state index in [0.29, 0.717) is 0 Å². The first-order valence-electron chi connectivity index (χ1n) is 0.538. The van der Waals surface area contributed by atoms with Crippen molar-refractivity contribution in [2.24, 2.45) is 9.27 Å². The summed E-state index contributed by atoms with van der Waals surface area (Å²) < 4.78 is 5.20. The fourth-order valence-electron chi connectivity index (χ4n) is 0. The number of halogens is 2. The Bertz CT molecular complexity index is 19.2. The standard InChI is InChI=1S/Cl2N2/c1-3-4-2/b4-3+. The van der Waals surface area contributed by atoms with Gasteiger partial charge < -0.3 is 0 Å². The SMILES string of the molecule is Cl/N=N/Cl. The van der Waals surface area contributed by atoms with Crippen molar-refractivity contribution in [2.45, 2.75) is 0 Å². The molecule has 0 aromatic carbocycles. The zero-order valence-electron chi connectivity index (χ0n) is 1.65. The second-order valence-electron chi connectivity index (χ2n) is 0.151. The van der Waals surface area contributed by atoms with Crippen LogP contribution in [-0.4, -0.2) is 0 Å². The molecule has 0 amide bonds. The van der Waals surface area contributed by atoms with Gasteiger partial charge in [0.1, 0.15) is 0 Å². The molecule has 0 aliphatic rings. The van der Waals surface area contributed by atoms with Crippen LogP contribution in [0.25, 0.3) is 0 Å². The Labute approximate surface area is 33.7 Å². The summed E-state index contributed by atoms with van der Waals surface area (Å²) in [6.45, 7) is 0. The molecule has 24 valence electrons. The minimum atomic E-state index is 2.60. The van der Waals surface area contributed by atoms with E-state index in [1.54, 1.807) is 0 Å². The topological polar surface area (TPSA) is 24.7 Å². The van der Waals surface area contributed by atoms with Crippen LogP contribution >= 0.6 is 23.6 Å². The van der Waals surface area contributed by atoms with Gasteiger partial charge >= 0.3 is 0 Å². The maximum atomic E-state index is 4.51. The molecule has 0 aromatic rings. The highest BCUT2D eigenvalue weighted by Crippen LogP contribution is 1.80. The zero-order valence-corrected chi connectivity index (χ0v) is 3.16. The van der Waals surface area contributed by atoms with Crippen LogP contribution in [0.2, 0.25) is 0 Å². The van der Waals surface area contributed by atoms with Crippen molar-refractivity contribution < 1.29 is 0 Å². The molecule has 0 aliphatic carbocycles. The molecule has 0 atom stereocenters. The largest absolute Gasteiger partial charge is 0.0615 e. The summed E-state index contributed by atoms with van der Waals surface area (Å²) in [6.07, 6.45) is 0. The Balaban J connectivity index is 2.55. The third-order valence-corrected chi connectivity index (χ3v) is 0.257. The zero-order chi connectivity index (χ0) is 3.41. The van der Waals surface area contributed by atoms with Crippen LogP contribution in [0.4, 0.5) is 0 Å². The van der Waals surface area contributed by atoms with Gasteiger partial charge in [-0.15, -0.1) is 0 Å². The van der Waals surface area contributed by atoms with Crippen molar-refractivity contribution in [3.05, 3.63) is 0 Å². The molecule has 4 heteroatoms. The third-order valence-electron chi connectivity index (χ3n) is 0.0286. The van der Waals surface area contributed by atoms with Crippen molar-refractivity contribution in [3.8, 4) is 0 Å². The molecule has 0 spiro atoms. The van der Waals surface area contributed by atoms with Crippen molar-refractivity contribution in [1.82, 2.24) is 0 Å². The Morgan fingerprint density at radius 1 is 1.00 bits per heavy atom. The van der Waals surface area contributed by atoms with E-state index in [-0.39, 0.29) is 0 Å². The molecular formula is Cl2N2. The molecule has 0 bridgehead atoms. The Kier molecular flexibility index (Phi) is 3.32. The van der Waals surface area contributed by atoms with E-state index in [1.165, 1.54) is 0 Å². The Hall–Kier alpha value is 0.180. The monoisotopic (exact) mass is 97.9 g/mol. The lowest BCUT2D eigenvalue weighted by Gasteiger charge is -1.44. The molecule has 0 unspecified atom stereocenters. The van der Waals surface area contributed by atoms with Gasteiger partial charge in [0.05, 0.1) is 23.6 Å². The minimum Gasteiger partial charge on any atom is -0.0615 e. The van der Waals surface area contributed by atoms with Crippen LogP contribution in [0.3, 0.4) is 0 Å². The van der Waals surface area contributed by atoms with Gasteiger partial charge in [-0.2, -0.15) is 0 Å². The van der Waals surface area contributed by atoms with Crippen LogP contribution < -0.4 is 0 Å². The third kappa shape index (κ3) is 2.18. The highest BCUT2D eigenvalue weighted by molar-refractivity contribution is 6.18. The maximum Gasteiger partial charge on any atom is 0.0615 e. The predicted octanol–water partition coefficient (Wildman–Crippen LogP) is 1.75. The molecular weight excluding hydrogens is 98.9 g/mol. The highest BCUT2D eigenvalue weighted by atomic mass is 35.5. The lowest BCUT2D eigenvalue weighted by Crippen LogP contribution is -1.09. The first-order valence-corrected chi connectivity index (χ1v) is 1.21. The van der Waals surface area contributed by atoms with E-state index in [2.05, 4.69) is 32.8 Å². The summed E-state index contributed by atoms with van der Waals surface area (Å²) in [5, 5.41) is 0. The van der Waals surface area contributed by atoms with Crippen molar-refractivity contribution in [1.29, 1.82) is 0 Å². The first kappa shape index (κ1) is 4.18. The molecule has 0 radical (unpaired) electrons. The average molecular weight is 98.9 g/mol. The molecule has 0 rings (SSSR count). The summed E-state index contributed by atoms with van der Waals surface area (Å²) in [7, 11) is 0. The van der Waals surface area contributed by atoms with Gasteiger partial charge in [0.25, 0.3) is 0 Å². The molecule has 0 fully saturated rings. The highest BCUT2D eigenvalue weighted by Gasteiger charge is 1.40. The second-order valence-corrected chi connectivity index (χ2v) is 0.454. The molecule has 4 heavy (non-hydrogen) atoms. The Morgan fingerprint density at radius 2 is 1.25 bits per heavy atom. The van der Waals surface area contributed by atoms with Crippen LogP contribution in [0.15, 0.2) is 9.27 Å². The van der Waals surface area contributed by atoms with Crippen molar-refractivity contribution in [3.63, 3.8) is 0 Å². The average Bonchev–Trinajstić information content (AvgIpc) is 1.37.